The maximum absolute atomic E-state index is 3.88. The summed E-state index contributed by atoms with van der Waals surface area (Å²) < 4.78 is 0. The van der Waals surface area contributed by atoms with E-state index in [1.165, 1.54) is 37.9 Å². The lowest BCUT2D eigenvalue weighted by atomic mass is 10.1. The Morgan fingerprint density at radius 1 is 1.06 bits per heavy atom. The van der Waals surface area contributed by atoms with Crippen molar-refractivity contribution in [3.05, 3.63) is 48.4 Å². The molecule has 1 aliphatic heterocycles. The van der Waals surface area contributed by atoms with Gasteiger partial charge < -0.3 is 0 Å². The molecule has 1 aliphatic rings. The number of benzene rings is 1. The summed E-state index contributed by atoms with van der Waals surface area (Å²) in [6.45, 7) is 7.50. The first-order chi connectivity index (χ1) is 7.84. The van der Waals surface area contributed by atoms with Crippen molar-refractivity contribution in [2.75, 3.05) is 19.6 Å². The van der Waals surface area contributed by atoms with Gasteiger partial charge in [0.05, 0.1) is 0 Å². The van der Waals surface area contributed by atoms with Gasteiger partial charge in [0.25, 0.3) is 0 Å². The molecule has 0 aromatic heterocycles. The molecule has 0 amide bonds. The number of likely N-dealkylation sites (tertiary alicyclic amines) is 1. The smallest absolute Gasteiger partial charge is 0.0166 e. The van der Waals surface area contributed by atoms with Crippen LogP contribution in [0.5, 0.6) is 0 Å². The van der Waals surface area contributed by atoms with Crippen molar-refractivity contribution in [3.8, 4) is 0 Å². The third kappa shape index (κ3) is 3.49. The molecule has 16 heavy (non-hydrogen) atoms. The van der Waals surface area contributed by atoms with E-state index in [-0.39, 0.29) is 0 Å². The van der Waals surface area contributed by atoms with E-state index in [1.54, 1.807) is 0 Å². The minimum absolute atomic E-state index is 1.08. The van der Waals surface area contributed by atoms with Crippen LogP contribution < -0.4 is 0 Å². The molecule has 1 nitrogen and oxygen atoms in total. The molecule has 1 radical (unpaired) electrons. The molecule has 0 spiro atoms. The number of hydrogen-bond donors (Lipinski definition) is 0. The van der Waals surface area contributed by atoms with Crippen molar-refractivity contribution in [1.29, 1.82) is 0 Å². The van der Waals surface area contributed by atoms with Crippen LogP contribution in [0.3, 0.4) is 0 Å². The van der Waals surface area contributed by atoms with Gasteiger partial charge in [-0.25, -0.2) is 0 Å². The van der Waals surface area contributed by atoms with Crippen LogP contribution in [0.4, 0.5) is 0 Å². The fraction of sp³-hybridized carbons (Fsp3) is 0.400. The normalized spacial score (nSPS) is 18.1. The van der Waals surface area contributed by atoms with Crippen LogP contribution in [0.15, 0.2) is 30.3 Å². The Morgan fingerprint density at radius 2 is 1.75 bits per heavy atom. The lowest BCUT2D eigenvalue weighted by Gasteiger charge is -2.24. The average Bonchev–Trinajstić information content (AvgIpc) is 2.33. The molecule has 0 unspecified atom stereocenters. The number of piperidine rings is 1. The predicted molar refractivity (Wildman–Crippen MR) is 70.2 cm³/mol. The van der Waals surface area contributed by atoms with Gasteiger partial charge in [-0.2, -0.15) is 0 Å². The van der Waals surface area contributed by atoms with Gasteiger partial charge in [0.15, 0.2) is 0 Å². The topological polar surface area (TPSA) is 3.24 Å². The summed E-state index contributed by atoms with van der Waals surface area (Å²) in [5.41, 5.74) is 2.34. The maximum atomic E-state index is 3.88. The van der Waals surface area contributed by atoms with E-state index in [0.717, 1.165) is 12.1 Å². The molecule has 0 aliphatic carbocycles. The second-order valence-electron chi connectivity index (χ2n) is 4.51. The minimum atomic E-state index is 1.08. The molecule has 1 fully saturated rings. The first-order valence-electron chi connectivity index (χ1n) is 6.15. The third-order valence-corrected chi connectivity index (χ3v) is 3.10. The Bertz CT molecular complexity index is 331. The van der Waals surface area contributed by atoms with Gasteiger partial charge in [0, 0.05) is 6.54 Å². The molecule has 0 atom stereocenters. The second kappa shape index (κ2) is 5.86. The van der Waals surface area contributed by atoms with Gasteiger partial charge in [0.1, 0.15) is 0 Å². The molecule has 85 valence electrons. The summed E-state index contributed by atoms with van der Waals surface area (Å²) in [6, 6.07) is 8.35. The van der Waals surface area contributed by atoms with E-state index in [0.29, 0.717) is 0 Å². The second-order valence-corrected chi connectivity index (χ2v) is 4.51. The summed E-state index contributed by atoms with van der Waals surface area (Å²) >= 11 is 0. The van der Waals surface area contributed by atoms with E-state index in [1.807, 2.05) is 0 Å². The molecule has 1 heterocycles. The van der Waals surface area contributed by atoms with Crippen LogP contribution in [0, 0.1) is 6.92 Å². The Labute approximate surface area is 98.8 Å². The fourth-order valence-electron chi connectivity index (χ4n) is 2.11. The van der Waals surface area contributed by atoms with Gasteiger partial charge in [-0.1, -0.05) is 42.8 Å². The quantitative estimate of drug-likeness (QED) is 0.745. The lowest BCUT2D eigenvalue weighted by Crippen LogP contribution is -2.29. The highest BCUT2D eigenvalue weighted by Crippen LogP contribution is 2.09. The van der Waals surface area contributed by atoms with Crippen LogP contribution in [0.1, 0.15) is 30.4 Å². The van der Waals surface area contributed by atoms with Crippen LogP contribution >= 0.6 is 0 Å². The highest BCUT2D eigenvalue weighted by atomic mass is 15.1. The zero-order valence-electron chi connectivity index (χ0n) is 9.86. The molecule has 1 aromatic carbocycles. The average molecular weight is 214 g/mol. The van der Waals surface area contributed by atoms with E-state index in [9.17, 15) is 0 Å². The van der Waals surface area contributed by atoms with Crippen molar-refractivity contribution in [3.63, 3.8) is 0 Å². The number of rotatable bonds is 3. The largest absolute Gasteiger partial charge is 0.300 e. The van der Waals surface area contributed by atoms with Crippen molar-refractivity contribution in [2.45, 2.75) is 19.3 Å². The van der Waals surface area contributed by atoms with Crippen LogP contribution in [0.25, 0.3) is 6.08 Å². The van der Waals surface area contributed by atoms with Gasteiger partial charge in [-0.05, 0) is 44.0 Å². The fourth-order valence-corrected chi connectivity index (χ4v) is 2.11. The Kier molecular flexibility index (Phi) is 4.17. The van der Waals surface area contributed by atoms with Crippen LogP contribution in [0.2, 0.25) is 0 Å². The molecular weight excluding hydrogens is 194 g/mol. The van der Waals surface area contributed by atoms with Crippen molar-refractivity contribution < 1.29 is 0 Å². The van der Waals surface area contributed by atoms with E-state index in [4.69, 9.17) is 0 Å². The number of nitrogens with zero attached hydrogens (tertiary/aromatic N) is 1. The number of hydrogen-bond acceptors (Lipinski definition) is 1. The maximum Gasteiger partial charge on any atom is 0.0166 e. The lowest BCUT2D eigenvalue weighted by molar-refractivity contribution is 0.252. The van der Waals surface area contributed by atoms with Crippen LogP contribution in [-0.4, -0.2) is 24.5 Å². The minimum Gasteiger partial charge on any atom is -0.300 e. The zero-order valence-corrected chi connectivity index (χ0v) is 9.86. The van der Waals surface area contributed by atoms with Gasteiger partial charge in [-0.15, -0.1) is 0 Å². The van der Waals surface area contributed by atoms with E-state index < -0.39 is 0 Å². The Hall–Kier alpha value is -1.08. The van der Waals surface area contributed by atoms with Crippen molar-refractivity contribution in [2.24, 2.45) is 0 Å². The van der Waals surface area contributed by atoms with E-state index >= 15 is 0 Å². The highest BCUT2D eigenvalue weighted by Gasteiger charge is 2.07. The Balaban J connectivity index is 1.82. The summed E-state index contributed by atoms with van der Waals surface area (Å²) in [5.74, 6) is 0. The predicted octanol–water partition coefficient (Wildman–Crippen LogP) is 3.37. The summed E-state index contributed by atoms with van der Waals surface area (Å²) in [5, 5.41) is 0. The van der Waals surface area contributed by atoms with Crippen molar-refractivity contribution in [1.82, 2.24) is 4.90 Å². The molecule has 1 saturated heterocycles. The molecular formula is C15H20N. The first kappa shape index (κ1) is 11.4. The zero-order chi connectivity index (χ0) is 11.2. The molecule has 0 N–H and O–H groups in total. The molecule has 0 bridgehead atoms. The van der Waals surface area contributed by atoms with E-state index in [2.05, 4.69) is 48.2 Å². The summed E-state index contributed by atoms with van der Waals surface area (Å²) in [6.07, 6.45) is 8.61. The molecule has 0 saturated carbocycles. The van der Waals surface area contributed by atoms with Crippen LogP contribution in [-0.2, 0) is 0 Å². The summed E-state index contributed by atoms with van der Waals surface area (Å²) in [4.78, 5) is 2.52. The summed E-state index contributed by atoms with van der Waals surface area (Å²) in [7, 11) is 0. The van der Waals surface area contributed by atoms with Gasteiger partial charge in [0.2, 0.25) is 0 Å². The standard InChI is InChI=1S/C15H20N/c1-14-7-9-15(10-8-14)6-5-13-16-11-3-2-4-12-16/h5-10H,1-4,11-13H2/b6-5+. The molecule has 1 heteroatoms. The first-order valence-corrected chi connectivity index (χ1v) is 6.15. The highest BCUT2D eigenvalue weighted by molar-refractivity contribution is 5.50. The van der Waals surface area contributed by atoms with Gasteiger partial charge in [-0.3, -0.25) is 4.90 Å². The Morgan fingerprint density at radius 3 is 2.44 bits per heavy atom. The molecule has 2 rings (SSSR count). The van der Waals surface area contributed by atoms with Crippen molar-refractivity contribution >= 4 is 6.08 Å². The molecule has 1 aromatic rings. The monoisotopic (exact) mass is 214 g/mol. The third-order valence-electron chi connectivity index (χ3n) is 3.10. The van der Waals surface area contributed by atoms with Gasteiger partial charge >= 0.3 is 0 Å². The SMILES string of the molecule is [CH2]c1ccc(/C=C/CN2CCCCC2)cc1.